The molecule has 6 nitrogen and oxygen atoms in total. The van der Waals surface area contributed by atoms with E-state index in [2.05, 4.69) is 20.6 Å². The number of aliphatic hydroxyl groups excluding tert-OH is 1. The SMILES string of the molecule is CC(C)(CCO)CNC(=O)Nc1nc(-c2cccnc2)cs1. The average Bonchev–Trinajstić information content (AvgIpc) is 2.95. The lowest BCUT2D eigenvalue weighted by atomic mass is 9.90. The van der Waals surface area contributed by atoms with Crippen LogP contribution < -0.4 is 10.6 Å². The first-order chi connectivity index (χ1) is 10.5. The number of urea groups is 1. The predicted molar refractivity (Wildman–Crippen MR) is 87.9 cm³/mol. The van der Waals surface area contributed by atoms with Crippen LogP contribution in [0.4, 0.5) is 9.93 Å². The highest BCUT2D eigenvalue weighted by molar-refractivity contribution is 7.14. The lowest BCUT2D eigenvalue weighted by Gasteiger charge is -2.23. The number of amides is 2. The van der Waals surface area contributed by atoms with E-state index < -0.39 is 0 Å². The van der Waals surface area contributed by atoms with Crippen molar-refractivity contribution in [1.29, 1.82) is 0 Å². The molecule has 0 atom stereocenters. The molecule has 0 aliphatic carbocycles. The maximum Gasteiger partial charge on any atom is 0.321 e. The zero-order chi connectivity index (χ0) is 16.0. The van der Waals surface area contributed by atoms with Crippen LogP contribution in [0.25, 0.3) is 11.3 Å². The van der Waals surface area contributed by atoms with Crippen molar-refractivity contribution in [1.82, 2.24) is 15.3 Å². The number of thiazole rings is 1. The second kappa shape index (κ2) is 7.33. The maximum absolute atomic E-state index is 11.9. The molecular weight excluding hydrogens is 300 g/mol. The van der Waals surface area contributed by atoms with Gasteiger partial charge in [-0.3, -0.25) is 10.3 Å². The fourth-order valence-corrected chi connectivity index (χ4v) is 2.54. The standard InChI is InChI=1S/C15H20N4O2S/c1-15(2,5-7-20)10-17-13(21)19-14-18-12(9-22-14)11-4-3-6-16-8-11/h3-4,6,8-9,20H,5,7,10H2,1-2H3,(H2,17,18,19,21). The van der Waals surface area contributed by atoms with Crippen molar-refractivity contribution in [2.75, 3.05) is 18.5 Å². The molecule has 7 heteroatoms. The van der Waals surface area contributed by atoms with E-state index in [4.69, 9.17) is 5.11 Å². The summed E-state index contributed by atoms with van der Waals surface area (Å²) in [4.78, 5) is 20.3. The normalized spacial score (nSPS) is 11.2. The minimum atomic E-state index is -0.293. The minimum Gasteiger partial charge on any atom is -0.396 e. The van der Waals surface area contributed by atoms with Crippen molar-refractivity contribution < 1.29 is 9.90 Å². The molecule has 0 radical (unpaired) electrons. The Morgan fingerprint density at radius 3 is 2.95 bits per heavy atom. The Labute approximate surface area is 133 Å². The van der Waals surface area contributed by atoms with Crippen LogP contribution >= 0.6 is 11.3 Å². The van der Waals surface area contributed by atoms with E-state index in [1.165, 1.54) is 11.3 Å². The number of hydrogen-bond donors (Lipinski definition) is 3. The number of aliphatic hydroxyl groups is 1. The molecule has 2 amide bonds. The fourth-order valence-electron chi connectivity index (χ4n) is 1.83. The predicted octanol–water partition coefficient (Wildman–Crippen LogP) is 2.74. The van der Waals surface area contributed by atoms with Crippen LogP contribution in [0.5, 0.6) is 0 Å². The highest BCUT2D eigenvalue weighted by Gasteiger charge is 2.18. The molecule has 22 heavy (non-hydrogen) atoms. The number of carbonyl (C=O) groups excluding carboxylic acids is 1. The van der Waals surface area contributed by atoms with Gasteiger partial charge in [-0.05, 0) is 24.0 Å². The van der Waals surface area contributed by atoms with Crippen molar-refractivity contribution in [2.24, 2.45) is 5.41 Å². The Hall–Kier alpha value is -1.99. The van der Waals surface area contributed by atoms with Crippen molar-refractivity contribution in [3.05, 3.63) is 29.9 Å². The Bertz CT molecular complexity index is 613. The zero-order valence-electron chi connectivity index (χ0n) is 12.7. The number of aromatic nitrogens is 2. The van der Waals surface area contributed by atoms with Gasteiger partial charge in [0, 0.05) is 36.5 Å². The highest BCUT2D eigenvalue weighted by atomic mass is 32.1. The van der Waals surface area contributed by atoms with Gasteiger partial charge in [0.25, 0.3) is 0 Å². The summed E-state index contributed by atoms with van der Waals surface area (Å²) in [5.74, 6) is 0. The number of anilines is 1. The number of carbonyl (C=O) groups is 1. The highest BCUT2D eigenvalue weighted by Crippen LogP contribution is 2.24. The molecule has 0 bridgehead atoms. The first kappa shape index (κ1) is 16.4. The van der Waals surface area contributed by atoms with Crippen molar-refractivity contribution >= 4 is 22.5 Å². The summed E-state index contributed by atoms with van der Waals surface area (Å²) < 4.78 is 0. The Balaban J connectivity index is 1.89. The van der Waals surface area contributed by atoms with Crippen LogP contribution in [0.2, 0.25) is 0 Å². The third-order valence-electron chi connectivity index (χ3n) is 3.20. The third kappa shape index (κ3) is 4.78. The quantitative estimate of drug-likeness (QED) is 0.764. The summed E-state index contributed by atoms with van der Waals surface area (Å²) in [6, 6.07) is 3.47. The van der Waals surface area contributed by atoms with Gasteiger partial charge in [0.2, 0.25) is 0 Å². The van der Waals surface area contributed by atoms with Crippen LogP contribution in [0.1, 0.15) is 20.3 Å². The zero-order valence-corrected chi connectivity index (χ0v) is 13.5. The second-order valence-electron chi connectivity index (χ2n) is 5.73. The van der Waals surface area contributed by atoms with Gasteiger partial charge in [0.15, 0.2) is 5.13 Å². The summed E-state index contributed by atoms with van der Waals surface area (Å²) in [7, 11) is 0. The first-order valence-corrected chi connectivity index (χ1v) is 7.90. The molecule has 0 aromatic carbocycles. The van der Waals surface area contributed by atoms with Gasteiger partial charge in [-0.15, -0.1) is 11.3 Å². The van der Waals surface area contributed by atoms with Gasteiger partial charge in [-0.2, -0.15) is 0 Å². The summed E-state index contributed by atoms with van der Waals surface area (Å²) in [6.07, 6.45) is 4.07. The second-order valence-corrected chi connectivity index (χ2v) is 6.58. The van der Waals surface area contributed by atoms with E-state index in [9.17, 15) is 4.79 Å². The Morgan fingerprint density at radius 2 is 2.27 bits per heavy atom. The molecule has 0 fully saturated rings. The number of hydrogen-bond acceptors (Lipinski definition) is 5. The largest absolute Gasteiger partial charge is 0.396 e. The van der Waals surface area contributed by atoms with Crippen LogP contribution in [-0.4, -0.2) is 34.3 Å². The van der Waals surface area contributed by atoms with Crippen molar-refractivity contribution in [3.63, 3.8) is 0 Å². The van der Waals surface area contributed by atoms with Crippen molar-refractivity contribution in [2.45, 2.75) is 20.3 Å². The molecule has 2 rings (SSSR count). The monoisotopic (exact) mass is 320 g/mol. The van der Waals surface area contributed by atoms with Crippen LogP contribution in [0.3, 0.4) is 0 Å². The van der Waals surface area contributed by atoms with Gasteiger partial charge in [-0.25, -0.2) is 9.78 Å². The summed E-state index contributed by atoms with van der Waals surface area (Å²) in [5, 5.41) is 16.9. The topological polar surface area (TPSA) is 87.1 Å². The number of pyridine rings is 1. The molecule has 0 aliphatic rings. The molecule has 2 heterocycles. The van der Waals surface area contributed by atoms with E-state index in [0.717, 1.165) is 11.3 Å². The van der Waals surface area contributed by atoms with Gasteiger partial charge in [0.05, 0.1) is 5.69 Å². The van der Waals surface area contributed by atoms with Crippen LogP contribution in [0.15, 0.2) is 29.9 Å². The van der Waals surface area contributed by atoms with Gasteiger partial charge in [-0.1, -0.05) is 13.8 Å². The smallest absolute Gasteiger partial charge is 0.321 e. The lowest BCUT2D eigenvalue weighted by Crippen LogP contribution is -2.37. The molecule has 2 aromatic rings. The first-order valence-electron chi connectivity index (χ1n) is 7.02. The van der Waals surface area contributed by atoms with E-state index in [-0.39, 0.29) is 18.1 Å². The summed E-state index contributed by atoms with van der Waals surface area (Å²) in [5.41, 5.74) is 1.56. The molecule has 0 saturated heterocycles. The Morgan fingerprint density at radius 1 is 1.45 bits per heavy atom. The van der Waals surface area contributed by atoms with Gasteiger partial charge < -0.3 is 10.4 Å². The van der Waals surface area contributed by atoms with E-state index in [1.54, 1.807) is 12.4 Å². The molecule has 0 aliphatic heterocycles. The molecule has 0 unspecified atom stereocenters. The van der Waals surface area contributed by atoms with E-state index in [0.29, 0.717) is 18.1 Å². The summed E-state index contributed by atoms with van der Waals surface area (Å²) >= 11 is 1.37. The molecular formula is C15H20N4O2S. The number of rotatable bonds is 6. The van der Waals surface area contributed by atoms with Crippen molar-refractivity contribution in [3.8, 4) is 11.3 Å². The molecule has 118 valence electrons. The van der Waals surface area contributed by atoms with E-state index in [1.807, 2.05) is 31.4 Å². The molecule has 0 saturated carbocycles. The number of nitrogens with zero attached hydrogens (tertiary/aromatic N) is 2. The summed E-state index contributed by atoms with van der Waals surface area (Å²) in [6.45, 7) is 4.58. The van der Waals surface area contributed by atoms with Crippen LogP contribution in [-0.2, 0) is 0 Å². The third-order valence-corrected chi connectivity index (χ3v) is 3.96. The average molecular weight is 320 g/mol. The Kier molecular flexibility index (Phi) is 5.46. The number of nitrogens with one attached hydrogen (secondary N) is 2. The molecule has 0 spiro atoms. The molecule has 2 aromatic heterocycles. The van der Waals surface area contributed by atoms with Crippen LogP contribution in [0, 0.1) is 5.41 Å². The fraction of sp³-hybridized carbons (Fsp3) is 0.400. The molecule has 3 N–H and O–H groups in total. The van der Waals surface area contributed by atoms with Gasteiger partial charge >= 0.3 is 6.03 Å². The lowest BCUT2D eigenvalue weighted by molar-refractivity contribution is 0.204. The maximum atomic E-state index is 11.9. The van der Waals surface area contributed by atoms with E-state index >= 15 is 0 Å². The van der Waals surface area contributed by atoms with Gasteiger partial charge in [0.1, 0.15) is 0 Å². The minimum absolute atomic E-state index is 0.108.